The fourth-order valence-electron chi connectivity index (χ4n) is 3.25. The van der Waals surface area contributed by atoms with Crippen LogP contribution in [0.15, 0.2) is 42.5 Å². The highest BCUT2D eigenvalue weighted by Crippen LogP contribution is 2.27. The molecule has 0 aliphatic carbocycles. The summed E-state index contributed by atoms with van der Waals surface area (Å²) in [6.45, 7) is 0.670. The molecule has 1 aliphatic rings. The molecule has 0 spiro atoms. The van der Waals surface area contributed by atoms with Crippen molar-refractivity contribution in [3.05, 3.63) is 59.7 Å². The quantitative estimate of drug-likeness (QED) is 0.808. The van der Waals surface area contributed by atoms with Gasteiger partial charge in [0.2, 0.25) is 10.0 Å². The van der Waals surface area contributed by atoms with Crippen molar-refractivity contribution >= 4 is 22.4 Å². The van der Waals surface area contributed by atoms with E-state index in [-0.39, 0.29) is 24.5 Å². The van der Waals surface area contributed by atoms with E-state index in [0.717, 1.165) is 6.26 Å². The SMILES string of the molecule is CS(=O)(=O)N[C@H]1CCN[C@H]1Cc1cccc(-c2cccc(F)c2)c1F.Cl. The molecule has 1 saturated heterocycles. The van der Waals surface area contributed by atoms with E-state index >= 15 is 0 Å². The van der Waals surface area contributed by atoms with Crippen molar-refractivity contribution in [2.75, 3.05) is 12.8 Å². The molecule has 2 atom stereocenters. The summed E-state index contributed by atoms with van der Waals surface area (Å²) in [5.74, 6) is -0.822. The smallest absolute Gasteiger partial charge is 0.209 e. The minimum atomic E-state index is -3.32. The molecule has 4 nitrogen and oxygen atoms in total. The second kappa shape index (κ2) is 8.43. The summed E-state index contributed by atoms with van der Waals surface area (Å²) in [5, 5.41) is 3.22. The van der Waals surface area contributed by atoms with E-state index in [1.54, 1.807) is 30.3 Å². The molecule has 2 N–H and O–H groups in total. The molecule has 142 valence electrons. The van der Waals surface area contributed by atoms with E-state index < -0.39 is 21.7 Å². The Morgan fingerprint density at radius 3 is 2.62 bits per heavy atom. The zero-order valence-corrected chi connectivity index (χ0v) is 15.8. The second-order valence-electron chi connectivity index (χ2n) is 6.34. The van der Waals surface area contributed by atoms with Crippen molar-refractivity contribution < 1.29 is 17.2 Å². The van der Waals surface area contributed by atoms with E-state index in [9.17, 15) is 17.2 Å². The number of hydrogen-bond acceptors (Lipinski definition) is 3. The van der Waals surface area contributed by atoms with Crippen molar-refractivity contribution in [3.8, 4) is 11.1 Å². The van der Waals surface area contributed by atoms with Gasteiger partial charge >= 0.3 is 0 Å². The van der Waals surface area contributed by atoms with Crippen LogP contribution in [0.2, 0.25) is 0 Å². The molecule has 0 bridgehead atoms. The van der Waals surface area contributed by atoms with Gasteiger partial charge in [-0.3, -0.25) is 0 Å². The van der Waals surface area contributed by atoms with E-state index in [2.05, 4.69) is 10.0 Å². The van der Waals surface area contributed by atoms with Crippen molar-refractivity contribution in [1.82, 2.24) is 10.0 Å². The Labute approximate surface area is 158 Å². The molecule has 8 heteroatoms. The van der Waals surface area contributed by atoms with Crippen LogP contribution in [-0.4, -0.2) is 33.3 Å². The number of sulfonamides is 1. The van der Waals surface area contributed by atoms with Gasteiger partial charge in [0.15, 0.2) is 0 Å². The monoisotopic (exact) mass is 402 g/mol. The maximum atomic E-state index is 14.9. The summed E-state index contributed by atoms with van der Waals surface area (Å²) >= 11 is 0. The largest absolute Gasteiger partial charge is 0.312 e. The van der Waals surface area contributed by atoms with Gasteiger partial charge in [0.25, 0.3) is 0 Å². The van der Waals surface area contributed by atoms with Crippen LogP contribution in [0.4, 0.5) is 8.78 Å². The number of rotatable bonds is 5. The van der Waals surface area contributed by atoms with Gasteiger partial charge in [0.05, 0.1) is 6.26 Å². The molecule has 1 heterocycles. The Hall–Kier alpha value is -1.54. The summed E-state index contributed by atoms with van der Waals surface area (Å²) in [6.07, 6.45) is 2.12. The first kappa shape index (κ1) is 20.8. The third-order valence-corrected chi connectivity index (χ3v) is 5.10. The highest BCUT2D eigenvalue weighted by Gasteiger charge is 2.30. The second-order valence-corrected chi connectivity index (χ2v) is 8.12. The number of nitrogens with one attached hydrogen (secondary N) is 2. The Kier molecular flexibility index (Phi) is 6.74. The van der Waals surface area contributed by atoms with Crippen molar-refractivity contribution in [2.24, 2.45) is 0 Å². The lowest BCUT2D eigenvalue weighted by Crippen LogP contribution is -2.44. The first-order valence-corrected chi connectivity index (χ1v) is 9.96. The highest BCUT2D eigenvalue weighted by molar-refractivity contribution is 7.88. The van der Waals surface area contributed by atoms with E-state index in [4.69, 9.17) is 0 Å². The number of halogens is 3. The molecule has 3 rings (SSSR count). The lowest BCUT2D eigenvalue weighted by atomic mass is 9.96. The van der Waals surface area contributed by atoms with Gasteiger partial charge in [-0.15, -0.1) is 12.4 Å². The van der Waals surface area contributed by atoms with Crippen LogP contribution in [0.25, 0.3) is 11.1 Å². The van der Waals surface area contributed by atoms with E-state index in [1.165, 1.54) is 12.1 Å². The fourth-order valence-corrected chi connectivity index (χ4v) is 4.08. The first-order chi connectivity index (χ1) is 11.8. The van der Waals surface area contributed by atoms with Gasteiger partial charge in [-0.1, -0.05) is 30.3 Å². The van der Waals surface area contributed by atoms with Crippen molar-refractivity contribution in [3.63, 3.8) is 0 Å². The van der Waals surface area contributed by atoms with Crippen LogP contribution < -0.4 is 10.0 Å². The molecule has 0 unspecified atom stereocenters. The molecule has 1 fully saturated rings. The summed E-state index contributed by atoms with van der Waals surface area (Å²) in [5.41, 5.74) is 1.29. The minimum Gasteiger partial charge on any atom is -0.312 e. The Balaban J connectivity index is 0.00000243. The normalized spacial score (nSPS) is 20.0. The highest BCUT2D eigenvalue weighted by atomic mass is 35.5. The predicted molar refractivity (Wildman–Crippen MR) is 101 cm³/mol. The van der Waals surface area contributed by atoms with Crippen LogP contribution in [0.5, 0.6) is 0 Å². The molecular formula is C18H21ClF2N2O2S. The van der Waals surface area contributed by atoms with Gasteiger partial charge in [-0.2, -0.15) is 0 Å². The van der Waals surface area contributed by atoms with Crippen LogP contribution in [0.1, 0.15) is 12.0 Å². The first-order valence-electron chi connectivity index (χ1n) is 8.07. The number of benzene rings is 2. The molecule has 2 aromatic carbocycles. The predicted octanol–water partition coefficient (Wildman–Crippen LogP) is 2.88. The molecule has 0 amide bonds. The summed E-state index contributed by atoms with van der Waals surface area (Å²) in [6, 6.07) is 10.4. The summed E-state index contributed by atoms with van der Waals surface area (Å²) in [7, 11) is -3.32. The van der Waals surface area contributed by atoms with Crippen LogP contribution >= 0.6 is 12.4 Å². The lowest BCUT2D eigenvalue weighted by Gasteiger charge is -2.20. The van der Waals surface area contributed by atoms with Gasteiger partial charge in [0, 0.05) is 17.6 Å². The minimum absolute atomic E-state index is 0. The molecule has 0 aromatic heterocycles. The molecule has 0 radical (unpaired) electrons. The zero-order chi connectivity index (χ0) is 18.0. The standard InChI is InChI=1S/C18H20F2N2O2S.ClH/c1-25(23,24)22-16-8-9-21-17(16)11-13-5-3-7-15(18(13)20)12-4-2-6-14(19)10-12;/h2-7,10,16-17,21-22H,8-9,11H2,1H3;1H/t16-,17-;/m0./s1. The fraction of sp³-hybridized carbons (Fsp3) is 0.333. The maximum absolute atomic E-state index is 14.9. The molecule has 1 aliphatic heterocycles. The molecular weight excluding hydrogens is 382 g/mol. The van der Waals surface area contributed by atoms with Crippen LogP contribution in [0.3, 0.4) is 0 Å². The molecule has 0 saturated carbocycles. The topological polar surface area (TPSA) is 58.2 Å². The Morgan fingerprint density at radius 2 is 1.92 bits per heavy atom. The van der Waals surface area contributed by atoms with Gasteiger partial charge < -0.3 is 5.32 Å². The zero-order valence-electron chi connectivity index (χ0n) is 14.2. The summed E-state index contributed by atoms with van der Waals surface area (Å²) in [4.78, 5) is 0. The van der Waals surface area contributed by atoms with E-state index in [0.29, 0.717) is 36.1 Å². The molecule has 2 aromatic rings. The number of hydrogen-bond donors (Lipinski definition) is 2. The van der Waals surface area contributed by atoms with Crippen LogP contribution in [0, 0.1) is 11.6 Å². The van der Waals surface area contributed by atoms with Crippen molar-refractivity contribution in [1.29, 1.82) is 0 Å². The third-order valence-electron chi connectivity index (χ3n) is 4.37. The van der Waals surface area contributed by atoms with Gasteiger partial charge in [-0.25, -0.2) is 21.9 Å². The van der Waals surface area contributed by atoms with Crippen molar-refractivity contribution in [2.45, 2.75) is 24.9 Å². The van der Waals surface area contributed by atoms with Gasteiger partial charge in [-0.05, 0) is 42.6 Å². The van der Waals surface area contributed by atoms with Gasteiger partial charge in [0.1, 0.15) is 11.6 Å². The summed E-state index contributed by atoms with van der Waals surface area (Å²) < 4.78 is 53.9. The molecule has 26 heavy (non-hydrogen) atoms. The maximum Gasteiger partial charge on any atom is 0.209 e. The average Bonchev–Trinajstić information content (AvgIpc) is 2.94. The Bertz CT molecular complexity index is 877. The van der Waals surface area contributed by atoms with Crippen LogP contribution in [-0.2, 0) is 16.4 Å². The average molecular weight is 403 g/mol. The lowest BCUT2D eigenvalue weighted by molar-refractivity contribution is 0.485. The van der Waals surface area contributed by atoms with E-state index in [1.807, 2.05) is 0 Å². The third kappa shape index (κ3) is 5.01. The Morgan fingerprint density at radius 1 is 1.19 bits per heavy atom.